The average Bonchev–Trinajstić information content (AvgIpc) is 2.89. The van der Waals surface area contributed by atoms with Gasteiger partial charge in [-0.1, -0.05) is 16.7 Å². The molecular formula is C10H13ClN4OS. The van der Waals surface area contributed by atoms with Gasteiger partial charge in [-0.3, -0.25) is 0 Å². The maximum Gasteiger partial charge on any atom is 0.315 e. The van der Waals surface area contributed by atoms with Gasteiger partial charge in [0.25, 0.3) is 0 Å². The molecule has 0 unspecified atom stereocenters. The van der Waals surface area contributed by atoms with Crippen molar-refractivity contribution >= 4 is 29.0 Å². The van der Waals surface area contributed by atoms with Gasteiger partial charge in [0.15, 0.2) is 0 Å². The van der Waals surface area contributed by atoms with Crippen molar-refractivity contribution in [2.75, 3.05) is 18.9 Å². The lowest BCUT2D eigenvalue weighted by Gasteiger charge is -1.98. The molecule has 0 amide bonds. The maximum atomic E-state index is 5.84. The van der Waals surface area contributed by atoms with Gasteiger partial charge in [0.1, 0.15) is 0 Å². The first-order valence-electron chi connectivity index (χ1n) is 5.23. The van der Waals surface area contributed by atoms with Crippen molar-refractivity contribution in [2.24, 2.45) is 0 Å². The molecule has 0 aliphatic rings. The molecule has 0 saturated carbocycles. The monoisotopic (exact) mass is 272 g/mol. The van der Waals surface area contributed by atoms with Gasteiger partial charge in [-0.05, 0) is 25.6 Å². The summed E-state index contributed by atoms with van der Waals surface area (Å²) < 4.78 is 6.16. The first-order chi connectivity index (χ1) is 8.28. The second kappa shape index (κ2) is 6.00. The fourth-order valence-electron chi connectivity index (χ4n) is 1.33. The molecule has 0 fully saturated rings. The largest absolute Gasteiger partial charge is 0.407 e. The van der Waals surface area contributed by atoms with Crippen molar-refractivity contribution < 1.29 is 4.42 Å². The van der Waals surface area contributed by atoms with Gasteiger partial charge in [0.2, 0.25) is 5.89 Å². The molecule has 0 radical (unpaired) electrons. The van der Waals surface area contributed by atoms with Crippen LogP contribution in [0.3, 0.4) is 0 Å². The molecule has 2 N–H and O–H groups in total. The molecule has 2 aromatic heterocycles. The van der Waals surface area contributed by atoms with Gasteiger partial charge in [0.05, 0.1) is 10.9 Å². The van der Waals surface area contributed by atoms with Crippen LogP contribution in [-0.4, -0.2) is 23.8 Å². The van der Waals surface area contributed by atoms with Crippen LogP contribution in [0, 0.1) is 0 Å². The SMILES string of the molecule is CNCc1nnc(NCCc2ccc(Cl)s2)o1. The van der Waals surface area contributed by atoms with E-state index in [0.717, 1.165) is 17.3 Å². The Bertz CT molecular complexity index is 470. The Hall–Kier alpha value is -1.11. The Kier molecular flexibility index (Phi) is 4.36. The minimum atomic E-state index is 0.456. The topological polar surface area (TPSA) is 63.0 Å². The summed E-state index contributed by atoms with van der Waals surface area (Å²) in [5.41, 5.74) is 0. The number of hydrogen-bond acceptors (Lipinski definition) is 6. The summed E-state index contributed by atoms with van der Waals surface area (Å²) in [5.74, 6) is 0.578. The lowest BCUT2D eigenvalue weighted by Crippen LogP contribution is -2.05. The molecule has 17 heavy (non-hydrogen) atoms. The van der Waals surface area contributed by atoms with E-state index in [4.69, 9.17) is 16.0 Å². The van der Waals surface area contributed by atoms with Crippen LogP contribution in [0.15, 0.2) is 16.5 Å². The highest BCUT2D eigenvalue weighted by Crippen LogP contribution is 2.21. The van der Waals surface area contributed by atoms with Crippen molar-refractivity contribution in [2.45, 2.75) is 13.0 Å². The number of anilines is 1. The van der Waals surface area contributed by atoms with Gasteiger partial charge < -0.3 is 15.1 Å². The van der Waals surface area contributed by atoms with E-state index in [-0.39, 0.29) is 0 Å². The molecule has 5 nitrogen and oxygen atoms in total. The number of thiophene rings is 1. The van der Waals surface area contributed by atoms with Crippen molar-refractivity contribution in [1.29, 1.82) is 0 Å². The van der Waals surface area contributed by atoms with Crippen molar-refractivity contribution in [3.05, 3.63) is 27.2 Å². The molecule has 92 valence electrons. The molecule has 2 rings (SSSR count). The van der Waals surface area contributed by atoms with Gasteiger partial charge in [0, 0.05) is 11.4 Å². The normalized spacial score (nSPS) is 10.7. The van der Waals surface area contributed by atoms with Gasteiger partial charge in [-0.2, -0.15) is 0 Å². The van der Waals surface area contributed by atoms with Crippen LogP contribution in [-0.2, 0) is 13.0 Å². The van der Waals surface area contributed by atoms with Gasteiger partial charge in [-0.25, -0.2) is 0 Å². The van der Waals surface area contributed by atoms with E-state index < -0.39 is 0 Å². The standard InChI is InChI=1S/C10H13ClN4OS/c1-12-6-9-14-15-10(16-9)13-5-4-7-2-3-8(11)17-7/h2-3,12H,4-6H2,1H3,(H,13,15). The summed E-state index contributed by atoms with van der Waals surface area (Å²) in [7, 11) is 1.83. The van der Waals surface area contributed by atoms with Crippen LogP contribution in [0.25, 0.3) is 0 Å². The second-order valence-corrected chi connectivity index (χ2v) is 5.21. The van der Waals surface area contributed by atoms with E-state index >= 15 is 0 Å². The van der Waals surface area contributed by atoms with Crippen LogP contribution < -0.4 is 10.6 Å². The van der Waals surface area contributed by atoms with E-state index in [1.165, 1.54) is 4.88 Å². The van der Waals surface area contributed by atoms with E-state index in [0.29, 0.717) is 18.5 Å². The van der Waals surface area contributed by atoms with Gasteiger partial charge >= 0.3 is 6.01 Å². The highest BCUT2D eigenvalue weighted by atomic mass is 35.5. The molecular weight excluding hydrogens is 260 g/mol. The zero-order valence-corrected chi connectivity index (χ0v) is 10.9. The van der Waals surface area contributed by atoms with Crippen molar-refractivity contribution in [3.63, 3.8) is 0 Å². The third kappa shape index (κ3) is 3.69. The molecule has 2 heterocycles. The quantitative estimate of drug-likeness (QED) is 0.844. The summed E-state index contributed by atoms with van der Waals surface area (Å²) in [4.78, 5) is 1.23. The van der Waals surface area contributed by atoms with E-state index in [9.17, 15) is 0 Å². The summed E-state index contributed by atoms with van der Waals surface area (Å²) in [6, 6.07) is 4.38. The fourth-order valence-corrected chi connectivity index (χ4v) is 2.41. The molecule has 0 saturated heterocycles. The Morgan fingerprint density at radius 2 is 2.29 bits per heavy atom. The Morgan fingerprint density at radius 3 is 3.00 bits per heavy atom. The lowest BCUT2D eigenvalue weighted by molar-refractivity contribution is 0.489. The molecule has 0 aliphatic heterocycles. The number of rotatable bonds is 6. The third-order valence-corrected chi connectivity index (χ3v) is 3.36. The van der Waals surface area contributed by atoms with Crippen LogP contribution in [0.2, 0.25) is 4.34 Å². The summed E-state index contributed by atoms with van der Waals surface area (Å²) in [5, 5.41) is 13.8. The first-order valence-corrected chi connectivity index (χ1v) is 6.42. The number of nitrogens with one attached hydrogen (secondary N) is 2. The summed E-state index contributed by atoms with van der Waals surface area (Å²) in [6.07, 6.45) is 0.890. The van der Waals surface area contributed by atoms with Gasteiger partial charge in [-0.15, -0.1) is 16.4 Å². The van der Waals surface area contributed by atoms with Crippen molar-refractivity contribution in [3.8, 4) is 0 Å². The summed E-state index contributed by atoms with van der Waals surface area (Å²) in [6.45, 7) is 1.33. The zero-order chi connectivity index (χ0) is 12.1. The average molecular weight is 273 g/mol. The third-order valence-electron chi connectivity index (χ3n) is 2.07. The second-order valence-electron chi connectivity index (χ2n) is 3.41. The number of nitrogens with zero attached hydrogens (tertiary/aromatic N) is 2. The predicted molar refractivity (Wildman–Crippen MR) is 68.6 cm³/mol. The Morgan fingerprint density at radius 1 is 1.41 bits per heavy atom. The van der Waals surface area contributed by atoms with Crippen LogP contribution >= 0.6 is 22.9 Å². The smallest absolute Gasteiger partial charge is 0.315 e. The maximum absolute atomic E-state index is 5.84. The van der Waals surface area contributed by atoms with Crippen molar-refractivity contribution in [1.82, 2.24) is 15.5 Å². The molecule has 0 aromatic carbocycles. The minimum absolute atomic E-state index is 0.456. The van der Waals surface area contributed by atoms with Crippen LogP contribution in [0.1, 0.15) is 10.8 Å². The fraction of sp³-hybridized carbons (Fsp3) is 0.400. The Labute approximate surface area is 108 Å². The minimum Gasteiger partial charge on any atom is -0.407 e. The zero-order valence-electron chi connectivity index (χ0n) is 9.36. The number of hydrogen-bond donors (Lipinski definition) is 2. The lowest BCUT2D eigenvalue weighted by atomic mass is 10.3. The van der Waals surface area contributed by atoms with Crippen LogP contribution in [0.5, 0.6) is 0 Å². The van der Waals surface area contributed by atoms with Crippen LogP contribution in [0.4, 0.5) is 6.01 Å². The number of aromatic nitrogens is 2. The summed E-state index contributed by atoms with van der Waals surface area (Å²) >= 11 is 7.43. The Balaban J connectivity index is 1.77. The molecule has 0 atom stereocenters. The molecule has 2 aromatic rings. The number of halogens is 1. The van der Waals surface area contributed by atoms with E-state index in [2.05, 4.69) is 20.8 Å². The van der Waals surface area contributed by atoms with E-state index in [1.807, 2.05) is 19.2 Å². The molecule has 0 bridgehead atoms. The first kappa shape index (κ1) is 12.3. The highest BCUT2D eigenvalue weighted by molar-refractivity contribution is 7.16. The van der Waals surface area contributed by atoms with E-state index in [1.54, 1.807) is 11.3 Å². The predicted octanol–water partition coefficient (Wildman–Crippen LogP) is 2.16. The molecule has 0 spiro atoms. The molecule has 7 heteroatoms. The highest BCUT2D eigenvalue weighted by Gasteiger charge is 2.04. The molecule has 0 aliphatic carbocycles.